The van der Waals surface area contributed by atoms with E-state index in [1.165, 1.54) is 20.8 Å². The summed E-state index contributed by atoms with van der Waals surface area (Å²) in [6.07, 6.45) is -108. The zero-order valence-electron chi connectivity index (χ0n) is 69.2. The van der Waals surface area contributed by atoms with Crippen LogP contribution in [0.1, 0.15) is 41.5 Å². The van der Waals surface area contributed by atoms with Crippen molar-refractivity contribution in [2.45, 2.75) is 379 Å². The molecule has 11 saturated heterocycles. The molecule has 55 atom stereocenters. The highest BCUT2D eigenvalue weighted by Gasteiger charge is 2.63. The molecular weight excluding hydrogens is 1750 g/mol. The number of hydrogen-bond donors (Lipinski definition) is 32. The number of ether oxygens (including phenoxy) is 21. The van der Waals surface area contributed by atoms with Crippen molar-refractivity contribution in [3.05, 3.63) is 0 Å². The Morgan fingerprint density at radius 1 is 0.219 bits per heavy atom. The van der Waals surface area contributed by atoms with Gasteiger partial charge in [0.1, 0.15) is 250 Å². The highest BCUT2D eigenvalue weighted by molar-refractivity contribution is 5.74. The summed E-state index contributed by atoms with van der Waals surface area (Å²) in [6, 6.07) is -6.08. The minimum Gasteiger partial charge on any atom is -0.394 e. The summed E-state index contributed by atoms with van der Waals surface area (Å²) in [6.45, 7) is -2.85. The monoisotopic (exact) mass is 1880 g/mol. The van der Waals surface area contributed by atoms with Crippen LogP contribution in [0.3, 0.4) is 0 Å². The summed E-state index contributed by atoms with van der Waals surface area (Å²) in [4.78, 5) is 40.4. The average Bonchev–Trinajstić information content (AvgIpc) is 0.759. The zero-order valence-corrected chi connectivity index (χ0v) is 69.2. The number of nitrogens with one attached hydrogen (secondary N) is 3. The molecule has 0 saturated carbocycles. The van der Waals surface area contributed by atoms with Crippen LogP contribution in [-0.4, -0.2) is 556 Å². The molecule has 11 aliphatic heterocycles. The molecule has 11 rings (SSSR count). The number of aliphatic hydroxyl groups is 29. The standard InChI is InChI=1S/C72H121N3O53/c1-15-32(86)41(95)48(102)66(109-15)124-57-31(75-20(6)85)63(118-27(13-82)54(57)121-69-51(105)58(39(93)25(11-80)115-69)125-64-29(73-18(4)83)55(37(91)23(9-78)113-64)122-71-60(44(98)35(89)21(7-76)116-71)127-67-49(103)42(96)33(87)16(2)110-67)108-14-28-40(94)59(52(106)70(119-28)120-53-26(12-81)112-62(107)47(101)46(53)100)126-65-30(74-19(5)84)56(38(92)24(10-79)114-65)123-72-61(45(99)36(90)22(8-77)117-72)128-68-50(104)43(97)34(88)17(3)111-68/h15-17,21-72,76-82,86-107H,7-14H2,1-6H3,(H,73,83)(H,74,84)(H,75,85)/t15-,16-,17-,21+,22+,23+,24+,25+,26+,27+,28+,29+,30+,31+,32+,33+,34+,35-,36-,37+,38+,39-,40-,41+,42+,43+,44-,45-,46+,47+,48-,49-,50-,51+,52+,53+,54+,55+,56+,57+,58-,59-,60+,61+,62+,63+,64-,65-,66-,67-,68-,69-,70-,71-,72-/m0/s1. The molecule has 0 radical (unpaired) electrons. The van der Waals surface area contributed by atoms with E-state index in [1.54, 1.807) is 0 Å². The fraction of sp³-hybridized carbons (Fsp3) is 0.958. The van der Waals surface area contributed by atoms with E-state index in [0.717, 1.165) is 20.8 Å². The van der Waals surface area contributed by atoms with Crippen LogP contribution >= 0.6 is 0 Å². The Balaban J connectivity index is 0.908. The summed E-state index contributed by atoms with van der Waals surface area (Å²) < 4.78 is 126. The minimum atomic E-state index is -2.51. The van der Waals surface area contributed by atoms with Crippen molar-refractivity contribution in [2.75, 3.05) is 52.9 Å². The molecule has 0 bridgehead atoms. The number of hydrogen-bond acceptors (Lipinski definition) is 53. The first-order valence-corrected chi connectivity index (χ1v) is 41.2. The van der Waals surface area contributed by atoms with Gasteiger partial charge in [-0.2, -0.15) is 0 Å². The van der Waals surface area contributed by atoms with Crippen LogP contribution in [0.15, 0.2) is 0 Å². The third kappa shape index (κ3) is 22.5. The van der Waals surface area contributed by atoms with Gasteiger partial charge >= 0.3 is 0 Å². The van der Waals surface area contributed by atoms with Gasteiger partial charge in [-0.3, -0.25) is 14.4 Å². The SMILES string of the molecule is CC(=O)N[C@H]1[C@H](OC[C@H]2O[C@@H](O[C@H]3[C@H](O)[C@@H](O)[C@H](O)O[C@@H]3CO)[C@H](O)[C@@H](O[C@@H]3O[C@H](CO)[C@@H](O)[C@H](O[C@@H]4O[C@H](CO)[C@H](O)[C@H](O)[C@H]4O[C@@H]4O[C@@H](C)[C@@H](O)[C@@H](O)[C@@H]4O)[C@H]3NC(C)=O)[C@H]2O)O[C@H](CO)[C@@H](O[C@@H]2O[C@H](CO)[C@H](O)[C@H](O[C@@H]3O[C@H](CO)[C@@H](O)[C@H](O[C@@H]4O[C@H](CO)[C@H](O)[C@H](O)[C@H]4O[C@@H]4O[C@@H](C)[C@@H](O)[C@@H](O)[C@@H]4O)[C@H]3NC(C)=O)[C@H]2O)[C@@H]1O[C@@H]1O[C@@H](C)[C@@H](O)[C@@H](O)[C@@H]1O. The van der Waals surface area contributed by atoms with E-state index in [2.05, 4.69) is 16.0 Å². The fourth-order valence-corrected chi connectivity index (χ4v) is 16.8. The first-order chi connectivity index (χ1) is 60.5. The first kappa shape index (κ1) is 105. The zero-order chi connectivity index (χ0) is 94.1. The molecule has 32 N–H and O–H groups in total. The van der Waals surface area contributed by atoms with E-state index >= 15 is 0 Å². The van der Waals surface area contributed by atoms with Crippen LogP contribution < -0.4 is 16.0 Å². The molecule has 11 heterocycles. The summed E-state index contributed by atoms with van der Waals surface area (Å²) in [5.41, 5.74) is 0. The summed E-state index contributed by atoms with van der Waals surface area (Å²) in [5.74, 6) is -3.04. The van der Waals surface area contributed by atoms with Crippen molar-refractivity contribution >= 4 is 17.7 Å². The van der Waals surface area contributed by atoms with E-state index in [-0.39, 0.29) is 0 Å². The highest BCUT2D eigenvalue weighted by Crippen LogP contribution is 2.42. The molecule has 3 amide bonds. The van der Waals surface area contributed by atoms with Crippen LogP contribution in [0.5, 0.6) is 0 Å². The lowest BCUT2D eigenvalue weighted by Gasteiger charge is -2.52. The van der Waals surface area contributed by atoms with E-state index in [4.69, 9.17) is 99.5 Å². The van der Waals surface area contributed by atoms with Gasteiger partial charge in [0.2, 0.25) is 17.7 Å². The van der Waals surface area contributed by atoms with E-state index in [9.17, 15) is 162 Å². The molecule has 742 valence electrons. The van der Waals surface area contributed by atoms with Crippen LogP contribution in [0.2, 0.25) is 0 Å². The molecule has 0 aromatic heterocycles. The normalized spacial score (nSPS) is 51.6. The average molecular weight is 1880 g/mol. The second-order valence-corrected chi connectivity index (χ2v) is 33.0. The van der Waals surface area contributed by atoms with Gasteiger partial charge in [-0.05, 0) is 20.8 Å². The molecule has 56 heteroatoms. The molecule has 0 aromatic rings. The quantitative estimate of drug-likeness (QED) is 0.0306. The predicted molar refractivity (Wildman–Crippen MR) is 393 cm³/mol. The number of aliphatic hydroxyl groups excluding tert-OH is 29. The van der Waals surface area contributed by atoms with Crippen molar-refractivity contribution in [1.82, 2.24) is 16.0 Å². The molecule has 56 nitrogen and oxygen atoms in total. The van der Waals surface area contributed by atoms with Crippen LogP contribution in [0.25, 0.3) is 0 Å². The second kappa shape index (κ2) is 45.1. The molecule has 0 aliphatic carbocycles. The van der Waals surface area contributed by atoms with Gasteiger partial charge in [-0.25, -0.2) is 0 Å². The van der Waals surface area contributed by atoms with E-state index in [1.807, 2.05) is 0 Å². The van der Waals surface area contributed by atoms with Gasteiger partial charge in [0, 0.05) is 20.8 Å². The predicted octanol–water partition coefficient (Wildman–Crippen LogP) is -21.5. The molecule has 11 aliphatic rings. The number of rotatable bonds is 31. The summed E-state index contributed by atoms with van der Waals surface area (Å²) in [7, 11) is 0. The van der Waals surface area contributed by atoms with Gasteiger partial charge in [-0.15, -0.1) is 0 Å². The van der Waals surface area contributed by atoms with Crippen LogP contribution in [0, 0.1) is 0 Å². The maximum absolute atomic E-state index is 13.7. The second-order valence-electron chi connectivity index (χ2n) is 33.0. The van der Waals surface area contributed by atoms with Crippen molar-refractivity contribution in [3.63, 3.8) is 0 Å². The van der Waals surface area contributed by atoms with Crippen LogP contribution in [-0.2, 0) is 114 Å². The summed E-state index contributed by atoms with van der Waals surface area (Å²) in [5, 5.41) is 332. The fourth-order valence-electron chi connectivity index (χ4n) is 16.8. The highest BCUT2D eigenvalue weighted by atomic mass is 16.8. The Hall–Kier alpha value is -3.59. The topological polar surface area (TPSA) is 868 Å². The van der Waals surface area contributed by atoms with Gasteiger partial charge < -0.3 is 264 Å². The van der Waals surface area contributed by atoms with E-state index in [0.29, 0.717) is 0 Å². The lowest BCUT2D eigenvalue weighted by atomic mass is 9.93. The van der Waals surface area contributed by atoms with Gasteiger partial charge in [0.05, 0.1) is 71.2 Å². The number of amides is 3. The molecule has 0 aromatic carbocycles. The van der Waals surface area contributed by atoms with Gasteiger partial charge in [-0.1, -0.05) is 0 Å². The van der Waals surface area contributed by atoms with Crippen molar-refractivity contribution < 1.29 is 262 Å². The van der Waals surface area contributed by atoms with Crippen molar-refractivity contribution in [1.29, 1.82) is 0 Å². The molecule has 128 heavy (non-hydrogen) atoms. The third-order valence-corrected chi connectivity index (χ3v) is 24.1. The Labute approximate surface area is 725 Å². The minimum absolute atomic E-state index is 0.905. The Morgan fingerprint density at radius 2 is 0.477 bits per heavy atom. The van der Waals surface area contributed by atoms with Gasteiger partial charge in [0.15, 0.2) is 69.2 Å². The van der Waals surface area contributed by atoms with Crippen molar-refractivity contribution in [2.24, 2.45) is 0 Å². The Bertz CT molecular complexity index is 3460. The maximum atomic E-state index is 13.7. The molecule has 0 spiro atoms. The lowest BCUT2D eigenvalue weighted by molar-refractivity contribution is -0.395. The largest absolute Gasteiger partial charge is 0.394 e. The van der Waals surface area contributed by atoms with Crippen LogP contribution in [0.4, 0.5) is 0 Å². The summed E-state index contributed by atoms with van der Waals surface area (Å²) >= 11 is 0. The molecule has 0 unspecified atom stereocenters. The maximum Gasteiger partial charge on any atom is 0.217 e. The van der Waals surface area contributed by atoms with Gasteiger partial charge in [0.25, 0.3) is 0 Å². The molecule has 11 fully saturated rings. The van der Waals surface area contributed by atoms with Crippen molar-refractivity contribution in [3.8, 4) is 0 Å². The smallest absolute Gasteiger partial charge is 0.217 e. The Morgan fingerprint density at radius 3 is 0.844 bits per heavy atom. The number of carbonyl (C=O) groups excluding carboxylic acids is 3. The lowest BCUT2D eigenvalue weighted by Crippen LogP contribution is -2.71. The number of carbonyl (C=O) groups is 3. The first-order valence-electron chi connectivity index (χ1n) is 41.2. The Kier molecular flexibility index (Phi) is 37.0. The van der Waals surface area contributed by atoms with E-state index < -0.39 is 408 Å². The third-order valence-electron chi connectivity index (χ3n) is 24.1. The molecular formula is C72H121N3O53.